The highest BCUT2D eigenvalue weighted by atomic mass is 35.5. The lowest BCUT2D eigenvalue weighted by Gasteiger charge is -2.15. The van der Waals surface area contributed by atoms with Crippen LogP contribution < -0.4 is 10.7 Å². The standard InChI is InChI=1S/C22H18ClN3O2/c23-22-17(9-5-13-24-22)25-20(27)12-6-14-26-18-10-3-1-7-15(18)21(28)16-8-2-4-11-19(16)26/h1-5,7-11,13H,6,12,14H2,(H,25,27). The number of hydrogen-bond acceptors (Lipinski definition) is 3. The summed E-state index contributed by atoms with van der Waals surface area (Å²) in [4.78, 5) is 29.0. The maximum atomic E-state index is 12.8. The average molecular weight is 392 g/mol. The molecule has 28 heavy (non-hydrogen) atoms. The highest BCUT2D eigenvalue weighted by Crippen LogP contribution is 2.21. The molecule has 1 amide bonds. The van der Waals surface area contributed by atoms with Crippen LogP contribution in [-0.2, 0) is 11.3 Å². The van der Waals surface area contributed by atoms with Crippen LogP contribution >= 0.6 is 11.6 Å². The van der Waals surface area contributed by atoms with Gasteiger partial charge in [0.05, 0.1) is 16.7 Å². The van der Waals surface area contributed by atoms with Crippen molar-refractivity contribution in [1.29, 1.82) is 0 Å². The number of carbonyl (C=O) groups is 1. The number of amides is 1. The molecule has 0 aliphatic heterocycles. The number of hydrogen-bond donors (Lipinski definition) is 1. The van der Waals surface area contributed by atoms with E-state index in [1.54, 1.807) is 18.3 Å². The lowest BCUT2D eigenvalue weighted by molar-refractivity contribution is -0.116. The maximum Gasteiger partial charge on any atom is 0.224 e. The van der Waals surface area contributed by atoms with Gasteiger partial charge in [-0.3, -0.25) is 9.59 Å². The maximum absolute atomic E-state index is 12.8. The molecule has 0 atom stereocenters. The van der Waals surface area contributed by atoms with Gasteiger partial charge in [-0.2, -0.15) is 0 Å². The number of fused-ring (bicyclic) bond motifs is 2. The van der Waals surface area contributed by atoms with E-state index < -0.39 is 0 Å². The molecule has 6 heteroatoms. The number of aryl methyl sites for hydroxylation is 1. The van der Waals surface area contributed by atoms with Crippen LogP contribution in [0.25, 0.3) is 21.8 Å². The van der Waals surface area contributed by atoms with Gasteiger partial charge in [0.25, 0.3) is 0 Å². The molecule has 0 saturated heterocycles. The molecule has 0 fully saturated rings. The Morgan fingerprint density at radius 1 is 0.964 bits per heavy atom. The Balaban J connectivity index is 1.58. The van der Waals surface area contributed by atoms with Gasteiger partial charge in [-0.15, -0.1) is 0 Å². The zero-order valence-corrected chi connectivity index (χ0v) is 15.8. The fourth-order valence-corrected chi connectivity index (χ4v) is 3.57. The first kappa shape index (κ1) is 18.2. The molecule has 0 saturated carbocycles. The van der Waals surface area contributed by atoms with Crippen molar-refractivity contribution in [1.82, 2.24) is 9.55 Å². The summed E-state index contributed by atoms with van der Waals surface area (Å²) in [6.07, 6.45) is 2.53. The molecule has 2 aromatic heterocycles. The number of carbonyl (C=O) groups excluding carboxylic acids is 1. The van der Waals surface area contributed by atoms with Crippen molar-refractivity contribution in [3.63, 3.8) is 0 Å². The van der Waals surface area contributed by atoms with Gasteiger partial charge in [-0.05, 0) is 42.8 Å². The van der Waals surface area contributed by atoms with E-state index in [0.29, 0.717) is 35.8 Å². The fraction of sp³-hybridized carbons (Fsp3) is 0.136. The number of nitrogens with zero attached hydrogens (tertiary/aromatic N) is 2. The minimum atomic E-state index is -0.121. The highest BCUT2D eigenvalue weighted by Gasteiger charge is 2.11. The lowest BCUT2D eigenvalue weighted by Crippen LogP contribution is -2.15. The molecule has 4 rings (SSSR count). The average Bonchev–Trinajstić information content (AvgIpc) is 2.72. The topological polar surface area (TPSA) is 64.0 Å². The summed E-state index contributed by atoms with van der Waals surface area (Å²) >= 11 is 5.98. The SMILES string of the molecule is O=C(CCCn1c2ccccc2c(=O)c2ccccc21)Nc1cccnc1Cl. The van der Waals surface area contributed by atoms with Gasteiger partial charge in [0.2, 0.25) is 5.91 Å². The Labute approximate surface area is 166 Å². The van der Waals surface area contributed by atoms with E-state index in [2.05, 4.69) is 14.9 Å². The van der Waals surface area contributed by atoms with Crippen molar-refractivity contribution in [3.05, 3.63) is 82.2 Å². The monoisotopic (exact) mass is 391 g/mol. The normalized spacial score (nSPS) is 11.0. The zero-order chi connectivity index (χ0) is 19.5. The van der Waals surface area contributed by atoms with Gasteiger partial charge in [0, 0.05) is 29.9 Å². The molecule has 0 radical (unpaired) electrons. The van der Waals surface area contributed by atoms with E-state index in [-0.39, 0.29) is 16.5 Å². The van der Waals surface area contributed by atoms with Gasteiger partial charge in [-0.1, -0.05) is 35.9 Å². The molecule has 140 valence electrons. The predicted octanol–water partition coefficient (Wildman–Crippen LogP) is 4.62. The first-order valence-electron chi connectivity index (χ1n) is 9.06. The molecule has 5 nitrogen and oxygen atoms in total. The first-order chi connectivity index (χ1) is 13.6. The van der Waals surface area contributed by atoms with Crippen molar-refractivity contribution in [2.75, 3.05) is 5.32 Å². The first-order valence-corrected chi connectivity index (χ1v) is 9.43. The van der Waals surface area contributed by atoms with E-state index in [1.165, 1.54) is 0 Å². The third-order valence-electron chi connectivity index (χ3n) is 4.70. The largest absolute Gasteiger partial charge is 0.340 e. The Bertz CT molecular complexity index is 1170. The molecule has 0 aliphatic carbocycles. The van der Waals surface area contributed by atoms with Crippen LogP contribution in [0.2, 0.25) is 5.15 Å². The fourth-order valence-electron chi connectivity index (χ4n) is 3.41. The molecule has 0 aliphatic rings. The van der Waals surface area contributed by atoms with Crippen molar-refractivity contribution < 1.29 is 4.79 Å². The van der Waals surface area contributed by atoms with Crippen LogP contribution in [-0.4, -0.2) is 15.5 Å². The second-order valence-corrected chi connectivity index (χ2v) is 6.87. The van der Waals surface area contributed by atoms with Crippen molar-refractivity contribution in [2.45, 2.75) is 19.4 Å². The van der Waals surface area contributed by atoms with E-state index in [9.17, 15) is 9.59 Å². The zero-order valence-electron chi connectivity index (χ0n) is 15.1. The number of nitrogens with one attached hydrogen (secondary N) is 1. The number of rotatable bonds is 5. The van der Waals surface area contributed by atoms with Crippen LogP contribution in [0.4, 0.5) is 5.69 Å². The summed E-state index contributed by atoms with van der Waals surface area (Å²) in [7, 11) is 0. The Morgan fingerprint density at radius 2 is 1.61 bits per heavy atom. The summed E-state index contributed by atoms with van der Waals surface area (Å²) in [5, 5.41) is 4.43. The number of aromatic nitrogens is 2. The Morgan fingerprint density at radius 3 is 2.25 bits per heavy atom. The van der Waals surface area contributed by atoms with Crippen molar-refractivity contribution in [3.8, 4) is 0 Å². The molecule has 0 spiro atoms. The van der Waals surface area contributed by atoms with E-state index in [1.807, 2.05) is 48.5 Å². The Hall–Kier alpha value is -3.18. The third kappa shape index (κ3) is 3.49. The summed E-state index contributed by atoms with van der Waals surface area (Å²) in [5.74, 6) is -0.121. The lowest BCUT2D eigenvalue weighted by atomic mass is 10.1. The molecule has 2 heterocycles. The molecule has 2 aromatic carbocycles. The second-order valence-electron chi connectivity index (χ2n) is 6.51. The van der Waals surface area contributed by atoms with Gasteiger partial charge in [0.1, 0.15) is 0 Å². The molecule has 0 unspecified atom stereocenters. The minimum absolute atomic E-state index is 0.0337. The summed E-state index contributed by atoms with van der Waals surface area (Å²) in [6, 6.07) is 18.6. The number of anilines is 1. The highest BCUT2D eigenvalue weighted by molar-refractivity contribution is 6.32. The molecule has 4 aromatic rings. The van der Waals surface area contributed by atoms with Crippen LogP contribution in [0.5, 0.6) is 0 Å². The van der Waals surface area contributed by atoms with Crippen molar-refractivity contribution in [2.24, 2.45) is 0 Å². The van der Waals surface area contributed by atoms with Gasteiger partial charge in [0.15, 0.2) is 10.6 Å². The molecular formula is C22H18ClN3O2. The summed E-state index contributed by atoms with van der Waals surface area (Å²) < 4.78 is 2.11. The molecular weight excluding hydrogens is 374 g/mol. The number of para-hydroxylation sites is 2. The molecule has 1 N–H and O–H groups in total. The van der Waals surface area contributed by atoms with Gasteiger partial charge in [-0.25, -0.2) is 4.98 Å². The molecule has 0 bridgehead atoms. The smallest absolute Gasteiger partial charge is 0.224 e. The predicted molar refractivity (Wildman–Crippen MR) is 113 cm³/mol. The van der Waals surface area contributed by atoms with Gasteiger partial charge >= 0.3 is 0 Å². The summed E-state index contributed by atoms with van der Waals surface area (Å²) in [6.45, 7) is 0.621. The van der Waals surface area contributed by atoms with Crippen LogP contribution in [0.15, 0.2) is 71.7 Å². The number of halogens is 1. The van der Waals surface area contributed by atoms with Crippen molar-refractivity contribution >= 4 is 45.0 Å². The quantitative estimate of drug-likeness (QED) is 0.398. The summed E-state index contributed by atoms with van der Waals surface area (Å²) in [5.41, 5.74) is 2.30. The Kier molecular flexibility index (Phi) is 5.08. The van der Waals surface area contributed by atoms with E-state index in [4.69, 9.17) is 11.6 Å². The second kappa shape index (κ2) is 7.82. The number of benzene rings is 2. The third-order valence-corrected chi connectivity index (χ3v) is 5.00. The van der Waals surface area contributed by atoms with E-state index >= 15 is 0 Å². The number of pyridine rings is 2. The van der Waals surface area contributed by atoms with Crippen LogP contribution in [0.1, 0.15) is 12.8 Å². The van der Waals surface area contributed by atoms with Crippen LogP contribution in [0, 0.1) is 0 Å². The van der Waals surface area contributed by atoms with E-state index in [0.717, 1.165) is 11.0 Å². The minimum Gasteiger partial charge on any atom is -0.340 e. The van der Waals surface area contributed by atoms with Gasteiger partial charge < -0.3 is 9.88 Å². The van der Waals surface area contributed by atoms with Crippen LogP contribution in [0.3, 0.4) is 0 Å².